The highest BCUT2D eigenvalue weighted by atomic mass is 16.5. The SMILES string of the molecule is OCCNCC1(O)CCOC1. The van der Waals surface area contributed by atoms with E-state index in [1.54, 1.807) is 0 Å². The zero-order valence-corrected chi connectivity index (χ0v) is 6.55. The highest BCUT2D eigenvalue weighted by Gasteiger charge is 2.31. The van der Waals surface area contributed by atoms with E-state index in [1.807, 2.05) is 0 Å². The van der Waals surface area contributed by atoms with E-state index < -0.39 is 5.60 Å². The minimum Gasteiger partial charge on any atom is -0.395 e. The van der Waals surface area contributed by atoms with Crippen molar-refractivity contribution in [2.45, 2.75) is 12.0 Å². The van der Waals surface area contributed by atoms with Gasteiger partial charge in [0.2, 0.25) is 0 Å². The van der Waals surface area contributed by atoms with Gasteiger partial charge < -0.3 is 20.3 Å². The summed E-state index contributed by atoms with van der Waals surface area (Å²) in [6, 6.07) is 0. The lowest BCUT2D eigenvalue weighted by Gasteiger charge is -2.20. The molecule has 0 aromatic carbocycles. The average Bonchev–Trinajstić information content (AvgIpc) is 2.38. The van der Waals surface area contributed by atoms with Crippen LogP contribution in [-0.4, -0.2) is 48.7 Å². The summed E-state index contributed by atoms with van der Waals surface area (Å²) >= 11 is 0. The van der Waals surface area contributed by atoms with Crippen molar-refractivity contribution in [1.82, 2.24) is 5.32 Å². The molecule has 4 nitrogen and oxygen atoms in total. The summed E-state index contributed by atoms with van der Waals surface area (Å²) in [6.07, 6.45) is 0.686. The molecule has 66 valence electrons. The normalized spacial score (nSPS) is 31.1. The molecule has 1 saturated heterocycles. The van der Waals surface area contributed by atoms with Gasteiger partial charge >= 0.3 is 0 Å². The topological polar surface area (TPSA) is 61.7 Å². The molecular formula is C7H15NO3. The van der Waals surface area contributed by atoms with Gasteiger partial charge in [0, 0.05) is 26.1 Å². The second-order valence-electron chi connectivity index (χ2n) is 2.93. The molecule has 1 rings (SSSR count). The molecule has 1 unspecified atom stereocenters. The van der Waals surface area contributed by atoms with Crippen LogP contribution in [0.25, 0.3) is 0 Å². The molecule has 0 radical (unpaired) electrons. The Labute approximate surface area is 66.2 Å². The lowest BCUT2D eigenvalue weighted by molar-refractivity contribution is 0.0265. The fourth-order valence-corrected chi connectivity index (χ4v) is 1.14. The smallest absolute Gasteiger partial charge is 0.102 e. The molecule has 3 N–H and O–H groups in total. The van der Waals surface area contributed by atoms with E-state index in [0.717, 1.165) is 0 Å². The van der Waals surface area contributed by atoms with Crippen molar-refractivity contribution < 1.29 is 14.9 Å². The molecule has 0 aromatic heterocycles. The molecule has 1 fully saturated rings. The number of aliphatic hydroxyl groups excluding tert-OH is 1. The number of aliphatic hydroxyl groups is 2. The first-order valence-corrected chi connectivity index (χ1v) is 3.88. The second kappa shape index (κ2) is 4.01. The Bertz CT molecular complexity index is 112. The van der Waals surface area contributed by atoms with Crippen molar-refractivity contribution in [3.63, 3.8) is 0 Å². The van der Waals surface area contributed by atoms with Crippen LogP contribution in [0.2, 0.25) is 0 Å². The van der Waals surface area contributed by atoms with Gasteiger partial charge in [-0.15, -0.1) is 0 Å². The quantitative estimate of drug-likeness (QED) is 0.449. The van der Waals surface area contributed by atoms with Crippen molar-refractivity contribution in [2.75, 3.05) is 32.9 Å². The van der Waals surface area contributed by atoms with Crippen LogP contribution in [0.3, 0.4) is 0 Å². The Morgan fingerprint density at radius 2 is 2.36 bits per heavy atom. The Balaban J connectivity index is 2.13. The predicted molar refractivity (Wildman–Crippen MR) is 40.3 cm³/mol. The van der Waals surface area contributed by atoms with Gasteiger partial charge in [-0.3, -0.25) is 0 Å². The van der Waals surface area contributed by atoms with Crippen LogP contribution in [0, 0.1) is 0 Å². The third-order valence-electron chi connectivity index (χ3n) is 1.83. The standard InChI is InChI=1S/C7H15NO3/c9-3-2-8-5-7(10)1-4-11-6-7/h8-10H,1-6H2. The Hall–Kier alpha value is -0.160. The minimum absolute atomic E-state index is 0.108. The molecule has 1 aliphatic heterocycles. The first-order valence-electron chi connectivity index (χ1n) is 3.88. The molecule has 1 heterocycles. The molecule has 11 heavy (non-hydrogen) atoms. The fraction of sp³-hybridized carbons (Fsp3) is 1.00. The molecule has 0 amide bonds. The zero-order chi connectivity index (χ0) is 8.16. The van der Waals surface area contributed by atoms with E-state index in [0.29, 0.717) is 32.7 Å². The van der Waals surface area contributed by atoms with Crippen molar-refractivity contribution >= 4 is 0 Å². The molecule has 0 aromatic rings. The van der Waals surface area contributed by atoms with E-state index in [2.05, 4.69) is 5.32 Å². The molecule has 0 spiro atoms. The maximum absolute atomic E-state index is 9.65. The van der Waals surface area contributed by atoms with Crippen molar-refractivity contribution in [2.24, 2.45) is 0 Å². The summed E-state index contributed by atoms with van der Waals surface area (Å²) in [7, 11) is 0. The van der Waals surface area contributed by atoms with Gasteiger partial charge in [0.1, 0.15) is 5.60 Å². The second-order valence-corrected chi connectivity index (χ2v) is 2.93. The minimum atomic E-state index is -0.699. The molecule has 1 atom stereocenters. The van der Waals surface area contributed by atoms with Gasteiger partial charge in [-0.25, -0.2) is 0 Å². The first kappa shape index (κ1) is 8.93. The number of hydrogen-bond donors (Lipinski definition) is 3. The zero-order valence-electron chi connectivity index (χ0n) is 6.55. The third-order valence-corrected chi connectivity index (χ3v) is 1.83. The van der Waals surface area contributed by atoms with Gasteiger partial charge in [0.05, 0.1) is 13.2 Å². The highest BCUT2D eigenvalue weighted by molar-refractivity contribution is 4.84. The van der Waals surface area contributed by atoms with Crippen LogP contribution in [0.5, 0.6) is 0 Å². The lowest BCUT2D eigenvalue weighted by atomic mass is 10.0. The fourth-order valence-electron chi connectivity index (χ4n) is 1.14. The van der Waals surface area contributed by atoms with Gasteiger partial charge in [-0.05, 0) is 0 Å². The summed E-state index contributed by atoms with van der Waals surface area (Å²) in [5.74, 6) is 0. The number of nitrogens with one attached hydrogen (secondary N) is 1. The number of ether oxygens (including phenoxy) is 1. The largest absolute Gasteiger partial charge is 0.395 e. The van der Waals surface area contributed by atoms with E-state index in [9.17, 15) is 5.11 Å². The molecular weight excluding hydrogens is 146 g/mol. The van der Waals surface area contributed by atoms with Gasteiger partial charge in [-0.1, -0.05) is 0 Å². The Kier molecular flexibility index (Phi) is 3.26. The Morgan fingerprint density at radius 1 is 1.55 bits per heavy atom. The summed E-state index contributed by atoms with van der Waals surface area (Å²) in [4.78, 5) is 0. The summed E-state index contributed by atoms with van der Waals surface area (Å²) < 4.78 is 5.04. The Morgan fingerprint density at radius 3 is 2.91 bits per heavy atom. The van der Waals surface area contributed by atoms with Crippen LogP contribution in [0.4, 0.5) is 0 Å². The number of rotatable bonds is 4. The van der Waals surface area contributed by atoms with Crippen LogP contribution in [0.1, 0.15) is 6.42 Å². The van der Waals surface area contributed by atoms with Crippen LogP contribution < -0.4 is 5.32 Å². The van der Waals surface area contributed by atoms with E-state index in [-0.39, 0.29) is 6.61 Å². The van der Waals surface area contributed by atoms with Crippen LogP contribution in [0.15, 0.2) is 0 Å². The lowest BCUT2D eigenvalue weighted by Crippen LogP contribution is -2.41. The predicted octanol–water partition coefficient (Wildman–Crippen LogP) is -1.28. The van der Waals surface area contributed by atoms with Gasteiger partial charge in [-0.2, -0.15) is 0 Å². The molecule has 0 bridgehead atoms. The highest BCUT2D eigenvalue weighted by Crippen LogP contribution is 2.16. The van der Waals surface area contributed by atoms with E-state index >= 15 is 0 Å². The first-order chi connectivity index (χ1) is 5.27. The van der Waals surface area contributed by atoms with Crippen molar-refractivity contribution in [1.29, 1.82) is 0 Å². The third kappa shape index (κ3) is 2.75. The molecule has 0 aliphatic carbocycles. The van der Waals surface area contributed by atoms with Gasteiger partial charge in [0.15, 0.2) is 0 Å². The molecule has 1 aliphatic rings. The average molecular weight is 161 g/mol. The van der Waals surface area contributed by atoms with E-state index in [4.69, 9.17) is 9.84 Å². The monoisotopic (exact) mass is 161 g/mol. The molecule has 4 heteroatoms. The van der Waals surface area contributed by atoms with E-state index in [1.165, 1.54) is 0 Å². The van der Waals surface area contributed by atoms with Gasteiger partial charge in [0.25, 0.3) is 0 Å². The van der Waals surface area contributed by atoms with Crippen LogP contribution in [-0.2, 0) is 4.74 Å². The number of hydrogen-bond acceptors (Lipinski definition) is 4. The summed E-state index contributed by atoms with van der Waals surface area (Å²) in [5, 5.41) is 21.0. The van der Waals surface area contributed by atoms with Crippen molar-refractivity contribution in [3.8, 4) is 0 Å². The van der Waals surface area contributed by atoms with Crippen LogP contribution >= 0.6 is 0 Å². The molecule has 0 saturated carbocycles. The summed E-state index contributed by atoms with van der Waals surface area (Å²) in [6.45, 7) is 2.19. The van der Waals surface area contributed by atoms with Crippen molar-refractivity contribution in [3.05, 3.63) is 0 Å². The maximum Gasteiger partial charge on any atom is 0.102 e. The summed E-state index contributed by atoms with van der Waals surface area (Å²) in [5.41, 5.74) is -0.699. The maximum atomic E-state index is 9.65.